The molecule has 0 bridgehead atoms. The van der Waals surface area contributed by atoms with Gasteiger partial charge in [-0.25, -0.2) is 0 Å². The molecular formula is C16H24BrNO2. The van der Waals surface area contributed by atoms with E-state index in [-0.39, 0.29) is 0 Å². The van der Waals surface area contributed by atoms with E-state index in [2.05, 4.69) is 47.2 Å². The Morgan fingerprint density at radius 3 is 2.80 bits per heavy atom. The Balaban J connectivity index is 1.94. The number of hydrogen-bond acceptors (Lipinski definition) is 3. The molecule has 0 aromatic heterocycles. The highest BCUT2D eigenvalue weighted by atomic mass is 79.9. The van der Waals surface area contributed by atoms with Gasteiger partial charge in [0, 0.05) is 35.8 Å². The standard InChI is InChI=1S/C16H24BrNO2/c1-12(2)18-10-14-9-15(17)3-4-16(14)20-11-13-5-7-19-8-6-13/h3-4,9,12-13,18H,5-8,10-11H2,1-2H3. The van der Waals surface area contributed by atoms with Gasteiger partial charge < -0.3 is 14.8 Å². The van der Waals surface area contributed by atoms with E-state index in [1.54, 1.807) is 0 Å². The maximum absolute atomic E-state index is 6.05. The summed E-state index contributed by atoms with van der Waals surface area (Å²) in [4.78, 5) is 0. The molecule has 0 spiro atoms. The zero-order chi connectivity index (χ0) is 14.4. The van der Waals surface area contributed by atoms with Gasteiger partial charge in [0.2, 0.25) is 0 Å². The van der Waals surface area contributed by atoms with Crippen LogP contribution < -0.4 is 10.1 Å². The van der Waals surface area contributed by atoms with Crippen LogP contribution in [0.1, 0.15) is 32.3 Å². The Labute approximate surface area is 130 Å². The van der Waals surface area contributed by atoms with Crippen LogP contribution in [0.15, 0.2) is 22.7 Å². The first-order valence-electron chi connectivity index (χ1n) is 7.37. The van der Waals surface area contributed by atoms with Crippen molar-refractivity contribution in [3.05, 3.63) is 28.2 Å². The summed E-state index contributed by atoms with van der Waals surface area (Å²) < 4.78 is 12.5. The Bertz CT molecular complexity index is 417. The predicted octanol–water partition coefficient (Wildman–Crippen LogP) is 3.75. The molecule has 1 aliphatic rings. The van der Waals surface area contributed by atoms with Gasteiger partial charge in [-0.3, -0.25) is 0 Å². The van der Waals surface area contributed by atoms with Gasteiger partial charge in [0.15, 0.2) is 0 Å². The molecule has 1 N–H and O–H groups in total. The summed E-state index contributed by atoms with van der Waals surface area (Å²) in [6, 6.07) is 6.70. The minimum absolute atomic E-state index is 0.470. The van der Waals surface area contributed by atoms with Crippen LogP contribution in [0.2, 0.25) is 0 Å². The van der Waals surface area contributed by atoms with Gasteiger partial charge in [0.1, 0.15) is 5.75 Å². The average Bonchev–Trinajstić information content (AvgIpc) is 2.45. The third-order valence-corrected chi connectivity index (χ3v) is 4.03. The first-order valence-corrected chi connectivity index (χ1v) is 8.17. The molecule has 4 heteroatoms. The fourth-order valence-electron chi connectivity index (χ4n) is 2.26. The van der Waals surface area contributed by atoms with Gasteiger partial charge in [-0.15, -0.1) is 0 Å². The van der Waals surface area contributed by atoms with Crippen molar-refractivity contribution in [2.45, 2.75) is 39.3 Å². The van der Waals surface area contributed by atoms with E-state index in [9.17, 15) is 0 Å². The summed E-state index contributed by atoms with van der Waals surface area (Å²) in [5.41, 5.74) is 1.21. The topological polar surface area (TPSA) is 30.5 Å². The van der Waals surface area contributed by atoms with Gasteiger partial charge in [0.25, 0.3) is 0 Å². The minimum atomic E-state index is 0.470. The quantitative estimate of drug-likeness (QED) is 0.854. The molecule has 0 atom stereocenters. The van der Waals surface area contributed by atoms with Crippen molar-refractivity contribution in [3.8, 4) is 5.75 Å². The zero-order valence-electron chi connectivity index (χ0n) is 12.3. The second kappa shape index (κ2) is 8.01. The van der Waals surface area contributed by atoms with Gasteiger partial charge in [-0.1, -0.05) is 29.8 Å². The summed E-state index contributed by atoms with van der Waals surface area (Å²) >= 11 is 3.53. The first-order chi connectivity index (χ1) is 9.65. The molecule has 1 fully saturated rings. The molecule has 0 aliphatic carbocycles. The van der Waals surface area contributed by atoms with E-state index in [4.69, 9.17) is 9.47 Å². The van der Waals surface area contributed by atoms with Crippen molar-refractivity contribution in [3.63, 3.8) is 0 Å². The van der Waals surface area contributed by atoms with E-state index >= 15 is 0 Å². The maximum atomic E-state index is 6.05. The normalized spacial score (nSPS) is 16.6. The molecule has 0 saturated carbocycles. The van der Waals surface area contributed by atoms with E-state index in [0.29, 0.717) is 12.0 Å². The number of rotatable bonds is 6. The molecule has 20 heavy (non-hydrogen) atoms. The zero-order valence-corrected chi connectivity index (χ0v) is 13.9. The largest absolute Gasteiger partial charge is 0.493 e. The Morgan fingerprint density at radius 1 is 1.35 bits per heavy atom. The molecular weight excluding hydrogens is 318 g/mol. The Kier molecular flexibility index (Phi) is 6.33. The van der Waals surface area contributed by atoms with Crippen LogP contribution in [0.5, 0.6) is 5.75 Å². The van der Waals surface area contributed by atoms with Crippen LogP contribution in [-0.2, 0) is 11.3 Å². The van der Waals surface area contributed by atoms with Crippen LogP contribution in [0.4, 0.5) is 0 Å². The lowest BCUT2D eigenvalue weighted by Crippen LogP contribution is -2.24. The van der Waals surface area contributed by atoms with Crippen LogP contribution in [-0.4, -0.2) is 25.9 Å². The van der Waals surface area contributed by atoms with Gasteiger partial charge >= 0.3 is 0 Å². The number of nitrogens with one attached hydrogen (secondary N) is 1. The highest BCUT2D eigenvalue weighted by molar-refractivity contribution is 9.10. The molecule has 112 valence electrons. The van der Waals surface area contributed by atoms with Crippen molar-refractivity contribution in [1.29, 1.82) is 0 Å². The highest BCUT2D eigenvalue weighted by Crippen LogP contribution is 2.25. The van der Waals surface area contributed by atoms with Crippen molar-refractivity contribution in [2.75, 3.05) is 19.8 Å². The van der Waals surface area contributed by atoms with Crippen LogP contribution in [0.3, 0.4) is 0 Å². The summed E-state index contributed by atoms with van der Waals surface area (Å²) in [5.74, 6) is 1.62. The highest BCUT2D eigenvalue weighted by Gasteiger charge is 2.15. The van der Waals surface area contributed by atoms with Crippen LogP contribution in [0.25, 0.3) is 0 Å². The van der Waals surface area contributed by atoms with Crippen molar-refractivity contribution in [1.82, 2.24) is 5.32 Å². The number of benzene rings is 1. The summed E-state index contributed by atoms with van der Waals surface area (Å²) in [6.07, 6.45) is 2.21. The summed E-state index contributed by atoms with van der Waals surface area (Å²) in [5, 5.41) is 3.45. The third-order valence-electron chi connectivity index (χ3n) is 3.54. The predicted molar refractivity (Wildman–Crippen MR) is 85.2 cm³/mol. The second-order valence-corrected chi connectivity index (χ2v) is 6.57. The van der Waals surface area contributed by atoms with Crippen molar-refractivity contribution in [2.24, 2.45) is 5.92 Å². The molecule has 1 aromatic carbocycles. The first kappa shape index (κ1) is 15.8. The minimum Gasteiger partial charge on any atom is -0.493 e. The molecule has 3 nitrogen and oxygen atoms in total. The van der Waals surface area contributed by atoms with Crippen LogP contribution in [0, 0.1) is 5.92 Å². The van der Waals surface area contributed by atoms with Crippen molar-refractivity contribution >= 4 is 15.9 Å². The molecule has 0 amide bonds. The van der Waals surface area contributed by atoms with E-state index in [1.165, 1.54) is 5.56 Å². The average molecular weight is 342 g/mol. The monoisotopic (exact) mass is 341 g/mol. The van der Waals surface area contributed by atoms with Gasteiger partial charge in [-0.05, 0) is 37.0 Å². The lowest BCUT2D eigenvalue weighted by atomic mass is 10.0. The van der Waals surface area contributed by atoms with E-state index < -0.39 is 0 Å². The Hall–Kier alpha value is -0.580. The fraction of sp³-hybridized carbons (Fsp3) is 0.625. The molecule has 1 aliphatic heterocycles. The van der Waals surface area contributed by atoms with E-state index in [1.807, 2.05) is 6.07 Å². The smallest absolute Gasteiger partial charge is 0.123 e. The summed E-state index contributed by atoms with van der Waals surface area (Å²) in [6.45, 7) is 7.67. The molecule has 0 radical (unpaired) electrons. The number of ether oxygens (including phenoxy) is 2. The maximum Gasteiger partial charge on any atom is 0.123 e. The van der Waals surface area contributed by atoms with Gasteiger partial charge in [-0.2, -0.15) is 0 Å². The summed E-state index contributed by atoms with van der Waals surface area (Å²) in [7, 11) is 0. The molecule has 1 saturated heterocycles. The SMILES string of the molecule is CC(C)NCc1cc(Br)ccc1OCC1CCOCC1. The number of hydrogen-bond donors (Lipinski definition) is 1. The van der Waals surface area contributed by atoms with E-state index in [0.717, 1.165) is 49.4 Å². The van der Waals surface area contributed by atoms with Crippen LogP contribution >= 0.6 is 15.9 Å². The molecule has 1 heterocycles. The molecule has 0 unspecified atom stereocenters. The van der Waals surface area contributed by atoms with Crippen molar-refractivity contribution < 1.29 is 9.47 Å². The lowest BCUT2D eigenvalue weighted by Gasteiger charge is -2.23. The molecule has 1 aromatic rings. The Morgan fingerprint density at radius 2 is 2.10 bits per heavy atom. The van der Waals surface area contributed by atoms with Gasteiger partial charge in [0.05, 0.1) is 6.61 Å². The second-order valence-electron chi connectivity index (χ2n) is 5.65. The lowest BCUT2D eigenvalue weighted by molar-refractivity contribution is 0.0496. The fourth-order valence-corrected chi connectivity index (χ4v) is 2.67. The third kappa shape index (κ3) is 5.08. The molecule has 2 rings (SSSR count). The number of halogens is 1.